The van der Waals surface area contributed by atoms with Crippen molar-refractivity contribution in [1.29, 1.82) is 0 Å². The van der Waals surface area contributed by atoms with Crippen molar-refractivity contribution in [3.63, 3.8) is 0 Å². The number of hydrogen-bond donors (Lipinski definition) is 3. The molecule has 2 amide bonds. The van der Waals surface area contributed by atoms with Crippen LogP contribution in [0.3, 0.4) is 0 Å². The van der Waals surface area contributed by atoms with Gasteiger partial charge in [0, 0.05) is 19.4 Å². The predicted octanol–water partition coefficient (Wildman–Crippen LogP) is -0.516. The average molecular weight is 346 g/mol. The fourth-order valence-corrected chi connectivity index (χ4v) is 1.61. The lowest BCUT2D eigenvalue weighted by Gasteiger charge is -2.14. The van der Waals surface area contributed by atoms with Crippen LogP contribution in [0.25, 0.3) is 0 Å². The van der Waals surface area contributed by atoms with Gasteiger partial charge >= 0.3 is 5.97 Å². The van der Waals surface area contributed by atoms with Crippen LogP contribution in [0, 0.1) is 0 Å². The van der Waals surface area contributed by atoms with E-state index in [1.807, 2.05) is 0 Å². The third-order valence-corrected chi connectivity index (χ3v) is 2.91. The van der Waals surface area contributed by atoms with E-state index in [9.17, 15) is 19.2 Å². The van der Waals surface area contributed by atoms with E-state index in [2.05, 4.69) is 10.6 Å². The summed E-state index contributed by atoms with van der Waals surface area (Å²) in [6, 6.07) is -1.11. The summed E-state index contributed by atoms with van der Waals surface area (Å²) in [5.74, 6) is -1.95. The van der Waals surface area contributed by atoms with E-state index in [1.165, 1.54) is 6.92 Å². The van der Waals surface area contributed by atoms with Gasteiger partial charge < -0.3 is 30.0 Å². The molecule has 3 N–H and O–H groups in total. The van der Waals surface area contributed by atoms with Crippen LogP contribution in [0.2, 0.25) is 0 Å². The molecule has 0 rings (SSSR count). The number of Topliss-reactive ketones (excluding diaryl/α,β-unsaturated/α-hetero) is 1. The molecule has 138 valence electrons. The van der Waals surface area contributed by atoms with Crippen molar-refractivity contribution in [2.75, 3.05) is 33.0 Å². The lowest BCUT2D eigenvalue weighted by atomic mass is 10.1. The van der Waals surface area contributed by atoms with Gasteiger partial charge in [0.2, 0.25) is 11.8 Å². The number of amides is 2. The minimum Gasteiger partial charge on any atom is -0.480 e. The lowest BCUT2D eigenvalue weighted by Crippen LogP contribution is -2.42. The molecular weight excluding hydrogens is 320 g/mol. The molecule has 0 radical (unpaired) electrons. The summed E-state index contributed by atoms with van der Waals surface area (Å²) >= 11 is 0. The first kappa shape index (κ1) is 22.0. The van der Waals surface area contributed by atoms with Crippen LogP contribution in [-0.2, 0) is 28.7 Å². The molecule has 0 aliphatic rings. The Kier molecular flexibility index (Phi) is 12.3. The molecule has 0 saturated heterocycles. The van der Waals surface area contributed by atoms with Crippen LogP contribution < -0.4 is 10.6 Å². The zero-order valence-corrected chi connectivity index (χ0v) is 14.1. The number of ether oxygens (including phenoxy) is 2. The summed E-state index contributed by atoms with van der Waals surface area (Å²) in [5, 5.41) is 13.9. The maximum atomic E-state index is 11.6. The second-order valence-electron chi connectivity index (χ2n) is 5.07. The second kappa shape index (κ2) is 13.4. The zero-order valence-electron chi connectivity index (χ0n) is 14.1. The molecule has 24 heavy (non-hydrogen) atoms. The van der Waals surface area contributed by atoms with Gasteiger partial charge in [0.1, 0.15) is 18.4 Å². The molecule has 1 unspecified atom stereocenters. The second-order valence-corrected chi connectivity index (χ2v) is 5.07. The number of carbonyl (C=O) groups excluding carboxylic acids is 3. The number of carboxylic acid groups (broad SMARTS) is 1. The Hall–Kier alpha value is -2.00. The molecule has 0 aliphatic heterocycles. The highest BCUT2D eigenvalue weighted by atomic mass is 16.5. The largest absolute Gasteiger partial charge is 0.480 e. The highest BCUT2D eigenvalue weighted by Crippen LogP contribution is 1.99. The van der Waals surface area contributed by atoms with E-state index in [-0.39, 0.29) is 44.4 Å². The van der Waals surface area contributed by atoms with E-state index in [4.69, 9.17) is 14.6 Å². The average Bonchev–Trinajstić information content (AvgIpc) is 2.52. The number of carboxylic acids is 1. The minimum absolute atomic E-state index is 0.0446. The fraction of sp³-hybridized carbons (Fsp3) is 0.733. The van der Waals surface area contributed by atoms with Gasteiger partial charge in [0.25, 0.3) is 0 Å². The first-order valence-electron chi connectivity index (χ1n) is 7.80. The number of hydrogen-bond acceptors (Lipinski definition) is 6. The van der Waals surface area contributed by atoms with Gasteiger partial charge in [-0.3, -0.25) is 9.59 Å². The zero-order chi connectivity index (χ0) is 18.4. The Labute approximate surface area is 141 Å². The molecule has 9 heteroatoms. The van der Waals surface area contributed by atoms with Crippen molar-refractivity contribution >= 4 is 23.6 Å². The number of carbonyl (C=O) groups is 4. The van der Waals surface area contributed by atoms with Gasteiger partial charge in [-0.05, 0) is 13.3 Å². The minimum atomic E-state index is -1.19. The fourth-order valence-electron chi connectivity index (χ4n) is 1.61. The van der Waals surface area contributed by atoms with Crippen molar-refractivity contribution < 1.29 is 33.8 Å². The molecule has 0 heterocycles. The summed E-state index contributed by atoms with van der Waals surface area (Å²) < 4.78 is 10.3. The molecule has 0 aromatic carbocycles. The SMILES string of the molecule is CCC(=O)NCCOCCOCC(=O)NC(CCC(C)=O)C(=O)O. The third kappa shape index (κ3) is 12.5. The molecule has 1 atom stereocenters. The topological polar surface area (TPSA) is 131 Å². The maximum absolute atomic E-state index is 11.6. The molecule has 0 aliphatic carbocycles. The molecule has 0 aromatic heterocycles. The molecule has 0 saturated carbocycles. The van der Waals surface area contributed by atoms with E-state index >= 15 is 0 Å². The van der Waals surface area contributed by atoms with Crippen molar-refractivity contribution in [3.05, 3.63) is 0 Å². The smallest absolute Gasteiger partial charge is 0.326 e. The van der Waals surface area contributed by atoms with Crippen LogP contribution in [0.15, 0.2) is 0 Å². The number of ketones is 1. The van der Waals surface area contributed by atoms with Crippen LogP contribution in [0.5, 0.6) is 0 Å². The van der Waals surface area contributed by atoms with Gasteiger partial charge in [-0.15, -0.1) is 0 Å². The maximum Gasteiger partial charge on any atom is 0.326 e. The van der Waals surface area contributed by atoms with Crippen LogP contribution in [0.1, 0.15) is 33.1 Å². The Morgan fingerprint density at radius 2 is 1.71 bits per heavy atom. The third-order valence-electron chi connectivity index (χ3n) is 2.91. The van der Waals surface area contributed by atoms with E-state index in [0.717, 1.165) is 0 Å². The molecule has 9 nitrogen and oxygen atoms in total. The number of rotatable bonds is 14. The molecule has 0 spiro atoms. The van der Waals surface area contributed by atoms with Crippen LogP contribution in [-0.4, -0.2) is 67.7 Å². The van der Waals surface area contributed by atoms with Crippen molar-refractivity contribution in [2.24, 2.45) is 0 Å². The van der Waals surface area contributed by atoms with Crippen LogP contribution in [0.4, 0.5) is 0 Å². The summed E-state index contributed by atoms with van der Waals surface area (Å²) in [4.78, 5) is 44.4. The van der Waals surface area contributed by atoms with E-state index < -0.39 is 17.9 Å². The highest BCUT2D eigenvalue weighted by Gasteiger charge is 2.20. The summed E-state index contributed by atoms with van der Waals surface area (Å²) in [6.45, 7) is 3.99. The Morgan fingerprint density at radius 3 is 2.29 bits per heavy atom. The van der Waals surface area contributed by atoms with E-state index in [0.29, 0.717) is 19.6 Å². The Morgan fingerprint density at radius 1 is 1.04 bits per heavy atom. The first-order chi connectivity index (χ1) is 11.4. The van der Waals surface area contributed by atoms with E-state index in [1.54, 1.807) is 6.92 Å². The predicted molar refractivity (Wildman–Crippen MR) is 84.4 cm³/mol. The van der Waals surface area contributed by atoms with Crippen molar-refractivity contribution in [3.8, 4) is 0 Å². The van der Waals surface area contributed by atoms with Gasteiger partial charge in [-0.2, -0.15) is 0 Å². The van der Waals surface area contributed by atoms with Gasteiger partial charge in [0.15, 0.2) is 0 Å². The van der Waals surface area contributed by atoms with Gasteiger partial charge in [-0.25, -0.2) is 4.79 Å². The van der Waals surface area contributed by atoms with Crippen molar-refractivity contribution in [1.82, 2.24) is 10.6 Å². The summed E-state index contributed by atoms with van der Waals surface area (Å²) in [5.41, 5.74) is 0. The van der Waals surface area contributed by atoms with Crippen LogP contribution >= 0.6 is 0 Å². The summed E-state index contributed by atoms with van der Waals surface area (Å²) in [7, 11) is 0. The standard InChI is InChI=1S/C15H26N2O7/c1-3-13(19)16-6-7-23-8-9-24-10-14(20)17-12(15(21)22)5-4-11(2)18/h12H,3-10H2,1-2H3,(H,16,19)(H,17,20)(H,21,22). The first-order valence-corrected chi connectivity index (χ1v) is 7.80. The van der Waals surface area contributed by atoms with Crippen molar-refractivity contribution in [2.45, 2.75) is 39.2 Å². The highest BCUT2D eigenvalue weighted by molar-refractivity contribution is 5.85. The summed E-state index contributed by atoms with van der Waals surface area (Å²) in [6.07, 6.45) is 0.547. The number of aliphatic carboxylic acids is 1. The number of nitrogens with one attached hydrogen (secondary N) is 2. The Balaban J connectivity index is 3.71. The van der Waals surface area contributed by atoms with Gasteiger partial charge in [-0.1, -0.05) is 6.92 Å². The molecular formula is C15H26N2O7. The van der Waals surface area contributed by atoms with Gasteiger partial charge in [0.05, 0.1) is 19.8 Å². The molecule has 0 fully saturated rings. The molecule has 0 aromatic rings. The monoisotopic (exact) mass is 346 g/mol. The Bertz CT molecular complexity index is 426. The normalized spacial score (nSPS) is 11.6. The molecule has 0 bridgehead atoms. The quantitative estimate of drug-likeness (QED) is 0.361. The lowest BCUT2D eigenvalue weighted by molar-refractivity contribution is -0.143.